The van der Waals surface area contributed by atoms with E-state index in [1.165, 1.54) is 12.8 Å². The fourth-order valence-electron chi connectivity index (χ4n) is 2.52. The van der Waals surface area contributed by atoms with Crippen LogP contribution >= 0.6 is 15.9 Å². The Balaban J connectivity index is 1.65. The first-order valence-electron chi connectivity index (χ1n) is 7.31. The van der Waals surface area contributed by atoms with Crippen molar-refractivity contribution in [1.29, 1.82) is 0 Å². The Bertz CT molecular complexity index is 442. The van der Waals surface area contributed by atoms with Gasteiger partial charge >= 0.3 is 0 Å². The van der Waals surface area contributed by atoms with E-state index in [1.807, 2.05) is 24.3 Å². The third-order valence-electron chi connectivity index (χ3n) is 3.77. The Hall–Kier alpha value is -1.03. The average Bonchev–Trinajstić information content (AvgIpc) is 2.41. The molecular formula is C16H22BrNO2. The van der Waals surface area contributed by atoms with Gasteiger partial charge in [0.25, 0.3) is 0 Å². The Morgan fingerprint density at radius 1 is 1.35 bits per heavy atom. The van der Waals surface area contributed by atoms with Gasteiger partial charge < -0.3 is 10.1 Å². The summed E-state index contributed by atoms with van der Waals surface area (Å²) in [6.45, 7) is 2.70. The van der Waals surface area contributed by atoms with E-state index in [-0.39, 0.29) is 5.91 Å². The molecule has 1 aliphatic rings. The van der Waals surface area contributed by atoms with Crippen LogP contribution < -0.4 is 10.1 Å². The zero-order valence-electron chi connectivity index (χ0n) is 11.9. The van der Waals surface area contributed by atoms with E-state index in [9.17, 15) is 4.79 Å². The minimum absolute atomic E-state index is 0.0968. The van der Waals surface area contributed by atoms with Gasteiger partial charge in [-0.25, -0.2) is 0 Å². The summed E-state index contributed by atoms with van der Waals surface area (Å²) in [5, 5.41) is 3.11. The van der Waals surface area contributed by atoms with Crippen molar-refractivity contribution in [2.45, 2.75) is 45.1 Å². The fraction of sp³-hybridized carbons (Fsp3) is 0.562. The van der Waals surface area contributed by atoms with E-state index >= 15 is 0 Å². The van der Waals surface area contributed by atoms with Crippen LogP contribution in [0.1, 0.15) is 39.0 Å². The molecule has 0 radical (unpaired) electrons. The summed E-state index contributed by atoms with van der Waals surface area (Å²) in [5.74, 6) is 1.70. The molecule has 1 amide bonds. The second kappa shape index (κ2) is 7.67. The molecule has 0 atom stereocenters. The lowest BCUT2D eigenvalue weighted by Gasteiger charge is -2.26. The van der Waals surface area contributed by atoms with E-state index in [0.717, 1.165) is 29.0 Å². The molecule has 3 nitrogen and oxygen atoms in total. The topological polar surface area (TPSA) is 38.3 Å². The predicted molar refractivity (Wildman–Crippen MR) is 83.8 cm³/mol. The van der Waals surface area contributed by atoms with Crippen LogP contribution in [-0.4, -0.2) is 18.6 Å². The molecule has 20 heavy (non-hydrogen) atoms. The van der Waals surface area contributed by atoms with Gasteiger partial charge in [-0.1, -0.05) is 28.9 Å². The number of hydrogen-bond acceptors (Lipinski definition) is 2. The summed E-state index contributed by atoms with van der Waals surface area (Å²) >= 11 is 3.39. The second-order valence-corrected chi connectivity index (χ2v) is 6.50. The zero-order chi connectivity index (χ0) is 14.4. The highest BCUT2D eigenvalue weighted by Crippen LogP contribution is 2.23. The molecule has 110 valence electrons. The minimum atomic E-state index is 0.0968. The summed E-state index contributed by atoms with van der Waals surface area (Å²) in [5.41, 5.74) is 0. The number of ether oxygens (including phenoxy) is 1. The summed E-state index contributed by atoms with van der Waals surface area (Å²) in [4.78, 5) is 11.8. The third-order valence-corrected chi connectivity index (χ3v) is 4.27. The smallest absolute Gasteiger partial charge is 0.223 e. The van der Waals surface area contributed by atoms with Crippen molar-refractivity contribution in [3.05, 3.63) is 28.7 Å². The number of carbonyl (C=O) groups is 1. The Morgan fingerprint density at radius 3 is 2.80 bits per heavy atom. The first-order valence-corrected chi connectivity index (χ1v) is 8.10. The standard InChI is InChI=1S/C16H22BrNO2/c1-12-5-7-14(8-6-12)18-16(19)9-10-20-15-4-2-3-13(17)11-15/h2-4,11-12,14H,5-10H2,1H3,(H,18,19). The molecule has 0 bridgehead atoms. The monoisotopic (exact) mass is 339 g/mol. The van der Waals surface area contributed by atoms with Crippen molar-refractivity contribution in [2.75, 3.05) is 6.61 Å². The van der Waals surface area contributed by atoms with Crippen LogP contribution in [0, 0.1) is 5.92 Å². The first-order chi connectivity index (χ1) is 9.63. The number of halogens is 1. The van der Waals surface area contributed by atoms with Crippen molar-refractivity contribution in [3.8, 4) is 5.75 Å². The number of nitrogens with one attached hydrogen (secondary N) is 1. The van der Waals surface area contributed by atoms with Gasteiger partial charge in [-0.05, 0) is 49.8 Å². The SMILES string of the molecule is CC1CCC(NC(=O)CCOc2cccc(Br)c2)CC1. The second-order valence-electron chi connectivity index (χ2n) is 5.58. The molecular weight excluding hydrogens is 318 g/mol. The third kappa shape index (κ3) is 5.16. The molecule has 0 aromatic heterocycles. The maximum Gasteiger partial charge on any atom is 0.223 e. The molecule has 0 aliphatic heterocycles. The van der Waals surface area contributed by atoms with Gasteiger partial charge in [0.05, 0.1) is 13.0 Å². The summed E-state index contributed by atoms with van der Waals surface area (Å²) in [7, 11) is 0. The lowest BCUT2D eigenvalue weighted by molar-refractivity contribution is -0.122. The molecule has 4 heteroatoms. The van der Waals surface area contributed by atoms with E-state index in [1.54, 1.807) is 0 Å². The molecule has 1 fully saturated rings. The van der Waals surface area contributed by atoms with Gasteiger partial charge in [0.1, 0.15) is 5.75 Å². The van der Waals surface area contributed by atoms with Crippen molar-refractivity contribution in [1.82, 2.24) is 5.32 Å². The number of benzene rings is 1. The quantitative estimate of drug-likeness (QED) is 0.882. The Kier molecular flexibility index (Phi) is 5.89. The van der Waals surface area contributed by atoms with E-state index in [2.05, 4.69) is 28.2 Å². The van der Waals surface area contributed by atoms with E-state index in [0.29, 0.717) is 19.1 Å². The molecule has 1 aromatic rings. The van der Waals surface area contributed by atoms with Gasteiger partial charge in [-0.2, -0.15) is 0 Å². The zero-order valence-corrected chi connectivity index (χ0v) is 13.5. The van der Waals surface area contributed by atoms with Crippen LogP contribution in [0.4, 0.5) is 0 Å². The highest BCUT2D eigenvalue weighted by molar-refractivity contribution is 9.10. The van der Waals surface area contributed by atoms with E-state index in [4.69, 9.17) is 4.74 Å². The van der Waals surface area contributed by atoms with Crippen molar-refractivity contribution < 1.29 is 9.53 Å². The van der Waals surface area contributed by atoms with Crippen LogP contribution in [0.3, 0.4) is 0 Å². The Labute approximate surface area is 129 Å². The molecule has 0 heterocycles. The maximum absolute atomic E-state index is 11.8. The predicted octanol–water partition coefficient (Wildman–Crippen LogP) is 3.91. The number of amides is 1. The minimum Gasteiger partial charge on any atom is -0.493 e. The normalized spacial score (nSPS) is 22.3. The number of hydrogen-bond donors (Lipinski definition) is 1. The van der Waals surface area contributed by atoms with E-state index < -0.39 is 0 Å². The maximum atomic E-state index is 11.8. The average molecular weight is 340 g/mol. The largest absolute Gasteiger partial charge is 0.493 e. The van der Waals surface area contributed by atoms with Crippen LogP contribution in [0.5, 0.6) is 5.75 Å². The first kappa shape index (κ1) is 15.4. The number of rotatable bonds is 5. The number of carbonyl (C=O) groups excluding carboxylic acids is 1. The lowest BCUT2D eigenvalue weighted by atomic mass is 9.87. The van der Waals surface area contributed by atoms with Gasteiger partial charge in [-0.15, -0.1) is 0 Å². The van der Waals surface area contributed by atoms with Gasteiger partial charge in [0.2, 0.25) is 5.91 Å². The van der Waals surface area contributed by atoms with Gasteiger partial charge in [0, 0.05) is 10.5 Å². The fourth-order valence-corrected chi connectivity index (χ4v) is 2.90. The summed E-state index contributed by atoms with van der Waals surface area (Å²) in [6.07, 6.45) is 5.08. The molecule has 1 saturated carbocycles. The molecule has 1 aliphatic carbocycles. The van der Waals surface area contributed by atoms with Gasteiger partial charge in [0.15, 0.2) is 0 Å². The van der Waals surface area contributed by atoms with Crippen molar-refractivity contribution >= 4 is 21.8 Å². The summed E-state index contributed by atoms with van der Waals surface area (Å²) < 4.78 is 6.56. The molecule has 0 spiro atoms. The highest BCUT2D eigenvalue weighted by atomic mass is 79.9. The van der Waals surface area contributed by atoms with Gasteiger partial charge in [-0.3, -0.25) is 4.79 Å². The van der Waals surface area contributed by atoms with Crippen molar-refractivity contribution in [2.24, 2.45) is 5.92 Å². The molecule has 1 N–H and O–H groups in total. The van der Waals surface area contributed by atoms with Crippen molar-refractivity contribution in [3.63, 3.8) is 0 Å². The van der Waals surface area contributed by atoms with Crippen LogP contribution in [-0.2, 0) is 4.79 Å². The molecule has 0 unspecified atom stereocenters. The molecule has 1 aromatic carbocycles. The highest BCUT2D eigenvalue weighted by Gasteiger charge is 2.19. The summed E-state index contributed by atoms with van der Waals surface area (Å²) in [6, 6.07) is 8.03. The Morgan fingerprint density at radius 2 is 2.10 bits per heavy atom. The van der Waals surface area contributed by atoms with Crippen LogP contribution in [0.15, 0.2) is 28.7 Å². The van der Waals surface area contributed by atoms with Crippen LogP contribution in [0.25, 0.3) is 0 Å². The molecule has 2 rings (SSSR count). The molecule has 0 saturated heterocycles. The van der Waals surface area contributed by atoms with Crippen LogP contribution in [0.2, 0.25) is 0 Å². The lowest BCUT2D eigenvalue weighted by Crippen LogP contribution is -2.37.